The Bertz CT molecular complexity index is 1040. The van der Waals surface area contributed by atoms with E-state index in [9.17, 15) is 27.6 Å². The van der Waals surface area contributed by atoms with E-state index in [4.69, 9.17) is 4.74 Å². The number of alkyl carbamates (subject to hydrolysis) is 1. The maximum Gasteiger partial charge on any atom is 0.408 e. The van der Waals surface area contributed by atoms with Crippen LogP contribution in [0.2, 0.25) is 0 Å². The van der Waals surface area contributed by atoms with Crippen LogP contribution >= 0.6 is 0 Å². The van der Waals surface area contributed by atoms with Crippen molar-refractivity contribution in [3.63, 3.8) is 0 Å². The zero-order valence-electron chi connectivity index (χ0n) is 22.0. The van der Waals surface area contributed by atoms with E-state index in [0.29, 0.717) is 32.2 Å². The molecule has 0 bridgehead atoms. The normalized spacial score (nSPS) is 30.1. The van der Waals surface area contributed by atoms with Gasteiger partial charge in [0.05, 0.1) is 0 Å². The molecule has 1 saturated carbocycles. The number of carbonyl (C=O) groups is 4. The van der Waals surface area contributed by atoms with Crippen LogP contribution in [0.25, 0.3) is 0 Å². The van der Waals surface area contributed by atoms with Crippen molar-refractivity contribution in [1.29, 1.82) is 0 Å². The molecule has 3 rings (SSSR count). The largest absolute Gasteiger partial charge is 0.444 e. The summed E-state index contributed by atoms with van der Waals surface area (Å²) in [5, 5.41) is 5.45. The van der Waals surface area contributed by atoms with Crippen LogP contribution in [0.3, 0.4) is 0 Å². The average molecular weight is 542 g/mol. The quantitative estimate of drug-likeness (QED) is 0.383. The molecule has 1 aliphatic carbocycles. The van der Waals surface area contributed by atoms with Gasteiger partial charge < -0.3 is 20.3 Å². The molecule has 2 heterocycles. The van der Waals surface area contributed by atoms with E-state index in [0.717, 1.165) is 19.3 Å². The Morgan fingerprint density at radius 3 is 2.54 bits per heavy atom. The fourth-order valence-corrected chi connectivity index (χ4v) is 5.34. The number of hydrogen-bond acceptors (Lipinski definition) is 7. The van der Waals surface area contributed by atoms with Crippen molar-refractivity contribution in [3.05, 3.63) is 12.2 Å². The molecule has 4 unspecified atom stereocenters. The molecule has 208 valence electrons. The van der Waals surface area contributed by atoms with Gasteiger partial charge in [-0.1, -0.05) is 25.0 Å². The van der Waals surface area contributed by atoms with Crippen LogP contribution < -0.4 is 20.1 Å². The lowest BCUT2D eigenvalue weighted by Crippen LogP contribution is -2.58. The van der Waals surface area contributed by atoms with Crippen molar-refractivity contribution in [1.82, 2.24) is 25.0 Å². The summed E-state index contributed by atoms with van der Waals surface area (Å²) in [7, 11) is -2.89. The Labute approximate surface area is 218 Å². The van der Waals surface area contributed by atoms with Crippen LogP contribution in [0.4, 0.5) is 4.79 Å². The highest BCUT2D eigenvalue weighted by atomic mass is 32.2. The molecule has 12 nitrogen and oxygen atoms in total. The number of nitrogens with zero attached hydrogens (tertiary/aromatic N) is 1. The summed E-state index contributed by atoms with van der Waals surface area (Å²) in [4.78, 5) is 53.8. The van der Waals surface area contributed by atoms with E-state index in [-0.39, 0.29) is 18.2 Å². The number of carbonyl (C=O) groups excluding carboxylic acids is 4. The van der Waals surface area contributed by atoms with Gasteiger partial charge >= 0.3 is 16.3 Å². The molecule has 1 saturated heterocycles. The first-order chi connectivity index (χ1) is 17.3. The molecule has 13 heteroatoms. The van der Waals surface area contributed by atoms with E-state index in [1.54, 1.807) is 20.8 Å². The first-order valence-electron chi connectivity index (χ1n) is 12.8. The van der Waals surface area contributed by atoms with Gasteiger partial charge in [0.2, 0.25) is 11.8 Å². The Kier molecular flexibility index (Phi) is 8.89. The average Bonchev–Trinajstić information content (AvgIpc) is 3.25. The summed E-state index contributed by atoms with van der Waals surface area (Å²) in [6.07, 6.45) is 7.79. The molecule has 0 aromatic rings. The van der Waals surface area contributed by atoms with E-state index >= 15 is 0 Å². The van der Waals surface area contributed by atoms with Gasteiger partial charge in [0.1, 0.15) is 23.2 Å². The number of rotatable bonds is 4. The van der Waals surface area contributed by atoms with Gasteiger partial charge in [0.15, 0.2) is 0 Å². The number of nitrogens with one attached hydrogen (secondary N) is 4. The number of ether oxygens (including phenoxy) is 1. The molecule has 4 N–H and O–H groups in total. The summed E-state index contributed by atoms with van der Waals surface area (Å²) in [5.41, 5.74) is -2.14. The minimum atomic E-state index is -4.06. The van der Waals surface area contributed by atoms with E-state index < -0.39 is 51.3 Å². The zero-order valence-corrected chi connectivity index (χ0v) is 22.8. The molecule has 0 spiro atoms. The van der Waals surface area contributed by atoms with Gasteiger partial charge in [0, 0.05) is 19.5 Å². The Balaban J connectivity index is 1.84. The molecule has 4 atom stereocenters. The van der Waals surface area contributed by atoms with Gasteiger partial charge in [-0.2, -0.15) is 8.42 Å². The summed E-state index contributed by atoms with van der Waals surface area (Å²) < 4.78 is 33.3. The number of fused-ring (bicyclic) bond motifs is 2. The second-order valence-electron chi connectivity index (χ2n) is 10.9. The summed E-state index contributed by atoms with van der Waals surface area (Å²) in [6.45, 7) is 5.54. The maximum absolute atomic E-state index is 13.5. The highest BCUT2D eigenvalue weighted by Crippen LogP contribution is 2.45. The van der Waals surface area contributed by atoms with Crippen LogP contribution in [-0.4, -0.2) is 73.9 Å². The minimum absolute atomic E-state index is 0.254. The predicted molar refractivity (Wildman–Crippen MR) is 135 cm³/mol. The second kappa shape index (κ2) is 11.4. The van der Waals surface area contributed by atoms with Crippen LogP contribution in [-0.2, 0) is 29.3 Å². The Hall–Kier alpha value is -2.67. The lowest BCUT2D eigenvalue weighted by Gasteiger charge is -2.30. The van der Waals surface area contributed by atoms with Gasteiger partial charge in [-0.3, -0.25) is 14.4 Å². The molecule has 37 heavy (non-hydrogen) atoms. The summed E-state index contributed by atoms with van der Waals surface area (Å²) in [5.74, 6) is -2.08. The Morgan fingerprint density at radius 1 is 1.14 bits per heavy atom. The standard InChI is InChI=1S/C24H39N5O7S/c1-23(2,3)36-22(33)26-17-12-9-7-5-6-8-11-16-15-24(16,21(32)28-37(34,35)25-4)27-19(30)18-13-10-14-29(18)20(17)31/h8,11,16-18,25H,5-7,9-10,12-15H2,1-4H3,(H,26,33)(H,27,30)(H,28,32)/b11-8-. The first kappa shape index (κ1) is 28.9. The second-order valence-corrected chi connectivity index (χ2v) is 12.5. The topological polar surface area (TPSA) is 163 Å². The summed E-state index contributed by atoms with van der Waals surface area (Å²) in [6, 6.07) is -1.69. The zero-order chi connectivity index (χ0) is 27.4. The van der Waals surface area contributed by atoms with Crippen molar-refractivity contribution >= 4 is 34.0 Å². The van der Waals surface area contributed by atoms with Gasteiger partial charge in [0.25, 0.3) is 5.91 Å². The van der Waals surface area contributed by atoms with Crippen LogP contribution in [0.5, 0.6) is 0 Å². The van der Waals surface area contributed by atoms with Crippen molar-refractivity contribution < 1.29 is 32.3 Å². The SMILES string of the molecule is CNS(=O)(=O)NC(=O)C12CC1/C=C\CCCCCC(NC(=O)OC(C)(C)C)C(=O)N1CCCC1C(=O)N2. The number of amides is 4. The third-order valence-corrected chi connectivity index (χ3v) is 7.81. The third-order valence-electron chi connectivity index (χ3n) is 6.82. The van der Waals surface area contributed by atoms with Gasteiger partial charge in [-0.05, 0) is 59.3 Å². The highest BCUT2D eigenvalue weighted by Gasteiger charge is 2.61. The highest BCUT2D eigenvalue weighted by molar-refractivity contribution is 7.88. The fraction of sp³-hybridized carbons (Fsp3) is 0.750. The monoisotopic (exact) mass is 541 g/mol. The van der Waals surface area contributed by atoms with E-state index in [1.165, 1.54) is 11.9 Å². The lowest BCUT2D eigenvalue weighted by atomic mass is 10.0. The maximum atomic E-state index is 13.5. The first-order valence-corrected chi connectivity index (χ1v) is 14.3. The Morgan fingerprint density at radius 2 is 1.86 bits per heavy atom. The van der Waals surface area contributed by atoms with E-state index in [1.807, 2.05) is 21.6 Å². The molecule has 0 aromatic carbocycles. The van der Waals surface area contributed by atoms with E-state index in [2.05, 4.69) is 10.6 Å². The lowest BCUT2D eigenvalue weighted by molar-refractivity contribution is -0.141. The smallest absolute Gasteiger partial charge is 0.408 e. The molecule has 0 radical (unpaired) electrons. The van der Waals surface area contributed by atoms with Crippen molar-refractivity contribution in [2.45, 2.75) is 95.4 Å². The molecular formula is C24H39N5O7S. The van der Waals surface area contributed by atoms with Gasteiger partial charge in [-0.15, -0.1) is 0 Å². The van der Waals surface area contributed by atoms with Crippen LogP contribution in [0.1, 0.15) is 72.1 Å². The van der Waals surface area contributed by atoms with Crippen molar-refractivity contribution in [3.8, 4) is 0 Å². The molecule has 0 aromatic heterocycles. The van der Waals surface area contributed by atoms with Gasteiger partial charge in [-0.25, -0.2) is 14.2 Å². The van der Waals surface area contributed by atoms with Crippen molar-refractivity contribution in [2.75, 3.05) is 13.6 Å². The van der Waals surface area contributed by atoms with Crippen molar-refractivity contribution in [2.24, 2.45) is 5.92 Å². The molecular weight excluding hydrogens is 502 g/mol. The third kappa shape index (κ3) is 7.44. The van der Waals surface area contributed by atoms with Crippen LogP contribution in [0.15, 0.2) is 12.2 Å². The number of hydrogen-bond donors (Lipinski definition) is 4. The molecule has 2 aliphatic heterocycles. The molecule has 3 aliphatic rings. The number of allylic oxidation sites excluding steroid dienone is 1. The van der Waals surface area contributed by atoms with Crippen LogP contribution in [0, 0.1) is 5.92 Å². The molecule has 4 amide bonds. The minimum Gasteiger partial charge on any atom is -0.444 e. The molecule has 2 fully saturated rings. The predicted octanol–water partition coefficient (Wildman–Crippen LogP) is 0.846. The summed E-state index contributed by atoms with van der Waals surface area (Å²) >= 11 is 0. The fourth-order valence-electron chi connectivity index (χ4n) is 4.81.